The Morgan fingerprint density at radius 3 is 2.39 bits per heavy atom. The van der Waals surface area contributed by atoms with Gasteiger partial charge in [-0.3, -0.25) is 4.79 Å². The first kappa shape index (κ1) is 33.7. The minimum Gasteiger partial charge on any atom is -0.493 e. The van der Waals surface area contributed by atoms with E-state index < -0.39 is 36.5 Å². The highest BCUT2D eigenvalue weighted by molar-refractivity contribution is 9.10. The van der Waals surface area contributed by atoms with Gasteiger partial charge in [-0.15, -0.1) is 0 Å². The fraction of sp³-hybridized carbons (Fsp3) is 0.345. The number of methoxy groups -OCH3 is 2. The van der Waals surface area contributed by atoms with Crippen molar-refractivity contribution in [2.75, 3.05) is 40.6 Å². The van der Waals surface area contributed by atoms with Crippen LogP contribution in [-0.2, 0) is 23.9 Å². The van der Waals surface area contributed by atoms with Gasteiger partial charge in [0.05, 0.1) is 49.7 Å². The molecule has 2 aromatic rings. The Labute approximate surface area is 262 Å². The fourth-order valence-corrected chi connectivity index (χ4v) is 4.62. The fourth-order valence-electron chi connectivity index (χ4n) is 4.05. The zero-order valence-electron chi connectivity index (χ0n) is 24.8. The van der Waals surface area contributed by atoms with E-state index in [1.165, 1.54) is 20.4 Å². The molecular weight excluding hydrogens is 644 g/mol. The van der Waals surface area contributed by atoms with Crippen LogP contribution in [0.1, 0.15) is 37.9 Å². The highest BCUT2D eigenvalue weighted by atomic mass is 79.9. The average Bonchev–Trinajstić information content (AvgIpc) is 2.98. The zero-order chi connectivity index (χ0) is 32.2. The molecule has 1 heterocycles. The van der Waals surface area contributed by atoms with Gasteiger partial charge in [0.25, 0.3) is 5.91 Å². The molecule has 1 atom stereocenters. The summed E-state index contributed by atoms with van der Waals surface area (Å²) in [6, 6.07) is 6.81. The lowest BCUT2D eigenvalue weighted by molar-refractivity contribution is -0.145. The lowest BCUT2D eigenvalue weighted by Gasteiger charge is -2.28. The number of benzene rings is 2. The zero-order valence-corrected chi connectivity index (χ0v) is 26.4. The standard InChI is InChI=1S/C29H33BrN4O10/c1-6-41-24(36)15-44-27-19(30)10-17(11-22(27)40-5)13-31-34-23(35)14-43-20-9-8-18(12-21(20)39-4)26-25(28(37)42-7-2)16(3)32-29(38)33-26/h8-13,26H,6-7,14-15H2,1-5H3,(H,34,35)(H2,32,33,38)/b31-13-/t26-/m0/s1. The molecule has 1 aliphatic heterocycles. The van der Waals surface area contributed by atoms with Gasteiger partial charge < -0.3 is 39.1 Å². The normalized spacial score (nSPS) is 14.3. The molecule has 0 radical (unpaired) electrons. The van der Waals surface area contributed by atoms with E-state index in [-0.39, 0.29) is 36.9 Å². The summed E-state index contributed by atoms with van der Waals surface area (Å²) in [5.41, 5.74) is 4.10. The van der Waals surface area contributed by atoms with E-state index in [2.05, 4.69) is 37.1 Å². The number of hydrogen-bond acceptors (Lipinski definition) is 11. The van der Waals surface area contributed by atoms with Crippen LogP contribution in [0.2, 0.25) is 0 Å². The Morgan fingerprint density at radius 1 is 0.977 bits per heavy atom. The Bertz CT molecular complexity index is 1460. The van der Waals surface area contributed by atoms with Gasteiger partial charge in [-0.05, 0) is 72.1 Å². The number of ether oxygens (including phenoxy) is 6. The molecular formula is C29H33BrN4O10. The number of hydrogen-bond donors (Lipinski definition) is 3. The summed E-state index contributed by atoms with van der Waals surface area (Å²) in [4.78, 5) is 48.8. The van der Waals surface area contributed by atoms with Gasteiger partial charge in [-0.25, -0.2) is 19.8 Å². The predicted octanol–water partition coefficient (Wildman–Crippen LogP) is 3.13. The van der Waals surface area contributed by atoms with E-state index in [0.29, 0.717) is 32.8 Å². The van der Waals surface area contributed by atoms with Crippen molar-refractivity contribution in [2.45, 2.75) is 26.8 Å². The van der Waals surface area contributed by atoms with Crippen LogP contribution in [0.3, 0.4) is 0 Å². The first-order valence-corrected chi connectivity index (χ1v) is 14.1. The molecule has 3 N–H and O–H groups in total. The smallest absolute Gasteiger partial charge is 0.344 e. The van der Waals surface area contributed by atoms with Crippen LogP contribution in [0.5, 0.6) is 23.0 Å². The maximum atomic E-state index is 12.6. The number of hydrazone groups is 1. The number of amides is 3. The maximum absolute atomic E-state index is 12.6. The topological polar surface area (TPSA) is 172 Å². The second-order valence-corrected chi connectivity index (χ2v) is 9.76. The van der Waals surface area contributed by atoms with Crippen molar-refractivity contribution in [2.24, 2.45) is 5.10 Å². The number of carbonyl (C=O) groups excluding carboxylic acids is 4. The van der Waals surface area contributed by atoms with E-state index in [0.717, 1.165) is 0 Å². The Hall–Kier alpha value is -4.79. The second-order valence-electron chi connectivity index (χ2n) is 8.91. The Kier molecular flexibility index (Phi) is 12.4. The van der Waals surface area contributed by atoms with Crippen LogP contribution in [0.25, 0.3) is 0 Å². The van der Waals surface area contributed by atoms with Crippen LogP contribution in [0.4, 0.5) is 4.79 Å². The lowest BCUT2D eigenvalue weighted by atomic mass is 9.95. The molecule has 0 unspecified atom stereocenters. The van der Waals surface area contributed by atoms with Gasteiger partial charge >= 0.3 is 18.0 Å². The third kappa shape index (κ3) is 8.86. The molecule has 0 spiro atoms. The third-order valence-electron chi connectivity index (χ3n) is 5.94. The Balaban J connectivity index is 1.64. The van der Waals surface area contributed by atoms with Gasteiger partial charge in [0, 0.05) is 5.70 Å². The highest BCUT2D eigenvalue weighted by Gasteiger charge is 2.32. The van der Waals surface area contributed by atoms with Crippen molar-refractivity contribution >= 4 is 46.0 Å². The van der Waals surface area contributed by atoms with Gasteiger partial charge in [-0.2, -0.15) is 5.10 Å². The summed E-state index contributed by atoms with van der Waals surface area (Å²) in [5.74, 6) is -0.475. The van der Waals surface area contributed by atoms with Crippen LogP contribution in [0, 0.1) is 0 Å². The molecule has 0 aromatic heterocycles. The number of halogens is 1. The molecule has 0 saturated heterocycles. The Morgan fingerprint density at radius 2 is 1.70 bits per heavy atom. The maximum Gasteiger partial charge on any atom is 0.344 e. The molecule has 14 nitrogen and oxygen atoms in total. The highest BCUT2D eigenvalue weighted by Crippen LogP contribution is 2.37. The third-order valence-corrected chi connectivity index (χ3v) is 6.53. The van der Waals surface area contributed by atoms with Gasteiger partial charge in [-0.1, -0.05) is 6.07 Å². The average molecular weight is 678 g/mol. The summed E-state index contributed by atoms with van der Waals surface area (Å²) in [5, 5.41) is 9.25. The molecule has 0 aliphatic carbocycles. The van der Waals surface area contributed by atoms with Crippen LogP contribution in [0.15, 0.2) is 51.2 Å². The SMILES string of the molecule is CCOC(=O)COc1c(Br)cc(/C=N\NC(=O)COc2ccc([C@@H]3NC(=O)NC(C)=C3C(=O)OCC)cc2OC)cc1OC. The van der Waals surface area contributed by atoms with Crippen LogP contribution in [-0.4, -0.2) is 70.7 Å². The molecule has 0 fully saturated rings. The van der Waals surface area contributed by atoms with Gasteiger partial charge in [0.2, 0.25) is 0 Å². The summed E-state index contributed by atoms with van der Waals surface area (Å²) in [7, 11) is 2.86. The minimum absolute atomic E-state index is 0.171. The quantitative estimate of drug-likeness (QED) is 0.153. The van der Waals surface area contributed by atoms with Crippen molar-refractivity contribution in [3.63, 3.8) is 0 Å². The monoisotopic (exact) mass is 676 g/mol. The predicted molar refractivity (Wildman–Crippen MR) is 161 cm³/mol. The summed E-state index contributed by atoms with van der Waals surface area (Å²) in [6.07, 6.45) is 1.39. The molecule has 1 aliphatic rings. The van der Waals surface area contributed by atoms with Gasteiger partial charge in [0.15, 0.2) is 36.2 Å². The molecule has 236 valence electrons. The van der Waals surface area contributed by atoms with Crippen molar-refractivity contribution in [1.29, 1.82) is 0 Å². The number of nitrogens with zero attached hydrogens (tertiary/aromatic N) is 1. The van der Waals surface area contributed by atoms with Crippen molar-refractivity contribution in [1.82, 2.24) is 16.1 Å². The minimum atomic E-state index is -0.791. The molecule has 0 saturated carbocycles. The molecule has 3 rings (SSSR count). The van der Waals surface area contributed by atoms with Gasteiger partial charge in [0.1, 0.15) is 0 Å². The number of allylic oxidation sites excluding steroid dienone is 1. The summed E-state index contributed by atoms with van der Waals surface area (Å²) >= 11 is 3.38. The number of urea groups is 1. The molecule has 3 amide bonds. The molecule has 15 heteroatoms. The number of esters is 2. The first-order chi connectivity index (χ1) is 21.1. The van der Waals surface area contributed by atoms with E-state index in [1.807, 2.05) is 0 Å². The van der Waals surface area contributed by atoms with Crippen molar-refractivity contribution < 1.29 is 47.6 Å². The molecule has 0 bridgehead atoms. The molecule has 2 aromatic carbocycles. The van der Waals surface area contributed by atoms with E-state index in [1.54, 1.807) is 51.1 Å². The number of rotatable bonds is 14. The summed E-state index contributed by atoms with van der Waals surface area (Å²) < 4.78 is 32.4. The van der Waals surface area contributed by atoms with Crippen molar-refractivity contribution in [3.8, 4) is 23.0 Å². The molecule has 44 heavy (non-hydrogen) atoms. The van der Waals surface area contributed by atoms with Crippen LogP contribution >= 0.6 is 15.9 Å². The summed E-state index contributed by atoms with van der Waals surface area (Å²) in [6.45, 7) is 4.73. The largest absolute Gasteiger partial charge is 0.493 e. The van der Waals surface area contributed by atoms with E-state index in [4.69, 9.17) is 28.4 Å². The van der Waals surface area contributed by atoms with Crippen molar-refractivity contribution in [3.05, 3.63) is 57.2 Å². The second kappa shape index (κ2) is 16.2. The van der Waals surface area contributed by atoms with Crippen LogP contribution < -0.4 is 35.0 Å². The van der Waals surface area contributed by atoms with E-state index >= 15 is 0 Å². The lowest BCUT2D eigenvalue weighted by Crippen LogP contribution is -2.45. The van der Waals surface area contributed by atoms with E-state index in [9.17, 15) is 19.2 Å². The number of nitrogens with one attached hydrogen (secondary N) is 3. The number of carbonyl (C=O) groups is 4. The first-order valence-electron chi connectivity index (χ1n) is 13.4.